The van der Waals surface area contributed by atoms with E-state index in [2.05, 4.69) is 10.3 Å². The fourth-order valence-electron chi connectivity index (χ4n) is 5.24. The van der Waals surface area contributed by atoms with Crippen LogP contribution >= 0.6 is 34.7 Å². The van der Waals surface area contributed by atoms with Crippen LogP contribution in [0.25, 0.3) is 0 Å². The topological polar surface area (TPSA) is 135 Å². The second kappa shape index (κ2) is 12.3. The zero-order valence-corrected chi connectivity index (χ0v) is 25.5. The summed E-state index contributed by atoms with van der Waals surface area (Å²) in [4.78, 5) is 68.7. The number of carbonyl (C=O) groups excluding carboxylic acids is 4. The molecule has 224 valence electrons. The zero-order valence-electron chi connectivity index (χ0n) is 23.1. The number of anilines is 2. The fraction of sp³-hybridized carbons (Fsp3) is 0.194. The van der Waals surface area contributed by atoms with Gasteiger partial charge in [0.15, 0.2) is 6.61 Å². The number of hydrogen-bond acceptors (Lipinski definition) is 9. The molecule has 0 aliphatic carbocycles. The zero-order chi connectivity index (χ0) is 31.0. The van der Waals surface area contributed by atoms with Gasteiger partial charge in [-0.05, 0) is 73.2 Å². The molecule has 44 heavy (non-hydrogen) atoms. The Morgan fingerprint density at radius 1 is 0.955 bits per heavy atom. The summed E-state index contributed by atoms with van der Waals surface area (Å²) in [5, 5.41) is 3.09. The van der Waals surface area contributed by atoms with Gasteiger partial charge in [0.05, 0.1) is 28.8 Å². The Balaban J connectivity index is 1.22. The molecule has 2 aliphatic rings. The average molecular weight is 650 g/mol. The molecular formula is C31H24ClN3O7S2. The van der Waals surface area contributed by atoms with E-state index in [0.29, 0.717) is 37.6 Å². The van der Waals surface area contributed by atoms with E-state index in [0.717, 1.165) is 21.8 Å². The number of benzene rings is 3. The molecule has 0 spiro atoms. The van der Waals surface area contributed by atoms with Crippen molar-refractivity contribution in [1.82, 2.24) is 4.98 Å². The maximum absolute atomic E-state index is 13.9. The molecule has 3 aromatic carbocycles. The van der Waals surface area contributed by atoms with Gasteiger partial charge in [0, 0.05) is 21.5 Å². The van der Waals surface area contributed by atoms with Gasteiger partial charge in [0.2, 0.25) is 11.8 Å². The van der Waals surface area contributed by atoms with Crippen molar-refractivity contribution in [3.05, 3.63) is 103 Å². The number of halogens is 1. The maximum Gasteiger partial charge on any atom is 0.338 e. The quantitative estimate of drug-likeness (QED) is 0.199. The third kappa shape index (κ3) is 5.75. The molecule has 1 aromatic heterocycles. The molecule has 1 saturated heterocycles. The number of aromatic nitrogens is 1. The smallest absolute Gasteiger partial charge is 0.338 e. The molecule has 4 aromatic rings. The number of rotatable bonds is 8. The molecule has 0 saturated carbocycles. The third-order valence-electron chi connectivity index (χ3n) is 7.20. The highest BCUT2D eigenvalue weighted by molar-refractivity contribution is 8.00. The van der Waals surface area contributed by atoms with Crippen molar-refractivity contribution >= 4 is 69.8 Å². The largest absolute Gasteiger partial charge is 0.484 e. The Morgan fingerprint density at radius 2 is 1.66 bits per heavy atom. The average Bonchev–Trinajstić information content (AvgIpc) is 3.51. The number of aromatic amines is 1. The summed E-state index contributed by atoms with van der Waals surface area (Å²) in [6.07, 6.45) is 0. The Labute approximate surface area is 264 Å². The molecule has 0 radical (unpaired) electrons. The number of fused-ring (bicyclic) bond motifs is 2. The number of amides is 3. The van der Waals surface area contributed by atoms with Crippen LogP contribution in [0.4, 0.5) is 11.4 Å². The van der Waals surface area contributed by atoms with Crippen LogP contribution in [0.15, 0.2) is 82.6 Å². The summed E-state index contributed by atoms with van der Waals surface area (Å²) in [6, 6.07) is 19.7. The molecule has 2 aliphatic heterocycles. The first-order valence-electron chi connectivity index (χ1n) is 13.6. The van der Waals surface area contributed by atoms with E-state index in [4.69, 9.17) is 21.1 Å². The highest BCUT2D eigenvalue weighted by Gasteiger charge is 2.56. The van der Waals surface area contributed by atoms with E-state index in [1.54, 1.807) is 67.6 Å². The van der Waals surface area contributed by atoms with Crippen molar-refractivity contribution in [2.75, 3.05) is 23.4 Å². The number of nitrogens with zero attached hydrogens (tertiary/aromatic N) is 1. The number of thiazole rings is 1. The molecule has 3 amide bonds. The lowest BCUT2D eigenvalue weighted by Crippen LogP contribution is -2.32. The fourth-order valence-corrected chi connectivity index (χ4v) is 7.88. The normalized spacial score (nSPS) is 18.9. The minimum atomic E-state index is -0.770. The van der Waals surface area contributed by atoms with Crippen LogP contribution < -0.4 is 19.8 Å². The van der Waals surface area contributed by atoms with Crippen LogP contribution in [-0.4, -0.2) is 47.1 Å². The third-order valence-corrected chi connectivity index (χ3v) is 9.85. The summed E-state index contributed by atoms with van der Waals surface area (Å²) in [5.74, 6) is -2.55. The second-order valence-corrected chi connectivity index (χ2v) is 12.5. The summed E-state index contributed by atoms with van der Waals surface area (Å²) >= 11 is 8.08. The van der Waals surface area contributed by atoms with E-state index >= 15 is 0 Å². The molecular weight excluding hydrogens is 626 g/mol. The number of hydrogen-bond donors (Lipinski definition) is 2. The van der Waals surface area contributed by atoms with E-state index in [-0.39, 0.29) is 24.0 Å². The van der Waals surface area contributed by atoms with Crippen LogP contribution in [0.1, 0.15) is 33.6 Å². The van der Waals surface area contributed by atoms with Crippen LogP contribution in [0.5, 0.6) is 5.75 Å². The first-order valence-corrected chi connectivity index (χ1v) is 15.6. The number of esters is 1. The van der Waals surface area contributed by atoms with E-state index in [9.17, 15) is 24.0 Å². The predicted molar refractivity (Wildman–Crippen MR) is 167 cm³/mol. The second-order valence-electron chi connectivity index (χ2n) is 9.94. The number of H-pyrrole nitrogens is 1. The molecule has 3 atom stereocenters. The Hall–Kier alpha value is -4.39. The Kier molecular flexibility index (Phi) is 8.30. The first-order chi connectivity index (χ1) is 21.2. The number of imide groups is 1. The number of ether oxygens (including phenoxy) is 2. The minimum absolute atomic E-state index is 0.227. The predicted octanol–water partition coefficient (Wildman–Crippen LogP) is 5.08. The van der Waals surface area contributed by atoms with Crippen LogP contribution in [-0.2, 0) is 19.1 Å². The SMILES string of the molecule is CCOC(=O)c1ccc(N2C(=O)C3Sc4[nH]c(=O)sc4C(c4ccc(OCC(=O)Nc5ccc(Cl)cc5)cc4)C3C2=O)cc1. The van der Waals surface area contributed by atoms with Gasteiger partial charge in [-0.3, -0.25) is 19.2 Å². The monoisotopic (exact) mass is 649 g/mol. The molecule has 3 unspecified atom stereocenters. The van der Waals surface area contributed by atoms with Gasteiger partial charge in [-0.1, -0.05) is 46.8 Å². The molecule has 1 fully saturated rings. The van der Waals surface area contributed by atoms with Crippen LogP contribution in [0, 0.1) is 5.92 Å². The van der Waals surface area contributed by atoms with Gasteiger partial charge in [-0.25, -0.2) is 9.69 Å². The number of thioether (sulfide) groups is 1. The van der Waals surface area contributed by atoms with Crippen molar-refractivity contribution in [1.29, 1.82) is 0 Å². The van der Waals surface area contributed by atoms with Gasteiger partial charge < -0.3 is 19.8 Å². The standard InChI is InChI=1S/C31H24ClN3O7S2/c1-2-41-30(39)17-3-11-20(12-4-17)35-28(37)24-23(25-27(34-31(40)44-25)43-26(24)29(35)38)16-5-13-21(14-6-16)42-15-22(36)33-19-9-7-18(32)8-10-19/h3-14,23-24,26H,2,15H2,1H3,(H,33,36)(H,34,40). The molecule has 6 rings (SSSR count). The van der Waals surface area contributed by atoms with Crippen molar-refractivity contribution in [3.8, 4) is 5.75 Å². The lowest BCUT2D eigenvalue weighted by atomic mass is 9.83. The van der Waals surface area contributed by atoms with Crippen molar-refractivity contribution in [2.24, 2.45) is 5.92 Å². The molecule has 0 bridgehead atoms. The van der Waals surface area contributed by atoms with Gasteiger partial charge in [-0.15, -0.1) is 0 Å². The van der Waals surface area contributed by atoms with E-state index in [1.165, 1.54) is 23.9 Å². The Morgan fingerprint density at radius 3 is 2.34 bits per heavy atom. The summed E-state index contributed by atoms with van der Waals surface area (Å²) in [7, 11) is 0. The summed E-state index contributed by atoms with van der Waals surface area (Å²) < 4.78 is 10.7. The lowest BCUT2D eigenvalue weighted by molar-refractivity contribution is -0.122. The maximum atomic E-state index is 13.9. The molecule has 3 heterocycles. The van der Waals surface area contributed by atoms with Crippen molar-refractivity contribution in [3.63, 3.8) is 0 Å². The summed E-state index contributed by atoms with van der Waals surface area (Å²) in [5.41, 5.74) is 1.96. The number of carbonyl (C=O) groups is 4. The highest BCUT2D eigenvalue weighted by Crippen LogP contribution is 2.53. The van der Waals surface area contributed by atoms with Crippen molar-refractivity contribution < 1.29 is 28.7 Å². The molecule has 13 heteroatoms. The molecule has 10 nitrogen and oxygen atoms in total. The van der Waals surface area contributed by atoms with Crippen LogP contribution in [0.3, 0.4) is 0 Å². The highest BCUT2D eigenvalue weighted by atomic mass is 35.5. The molecule has 2 N–H and O–H groups in total. The van der Waals surface area contributed by atoms with Gasteiger partial charge >= 0.3 is 10.8 Å². The Bertz CT molecular complexity index is 1800. The summed E-state index contributed by atoms with van der Waals surface area (Å²) in [6.45, 7) is 1.71. The lowest BCUT2D eigenvalue weighted by Gasteiger charge is -2.29. The number of nitrogens with one attached hydrogen (secondary N) is 2. The first kappa shape index (κ1) is 29.7. The minimum Gasteiger partial charge on any atom is -0.484 e. The van der Waals surface area contributed by atoms with Gasteiger partial charge in [-0.2, -0.15) is 0 Å². The van der Waals surface area contributed by atoms with Gasteiger partial charge in [0.1, 0.15) is 11.0 Å². The van der Waals surface area contributed by atoms with Crippen LogP contribution in [0.2, 0.25) is 5.02 Å². The van der Waals surface area contributed by atoms with Gasteiger partial charge in [0.25, 0.3) is 5.91 Å². The van der Waals surface area contributed by atoms with E-state index < -0.39 is 34.9 Å². The van der Waals surface area contributed by atoms with Crippen molar-refractivity contribution in [2.45, 2.75) is 23.1 Å². The van der Waals surface area contributed by atoms with E-state index in [1.807, 2.05) is 0 Å².